The van der Waals surface area contributed by atoms with Crippen molar-refractivity contribution in [2.24, 2.45) is 0 Å². The lowest BCUT2D eigenvalue weighted by Crippen LogP contribution is -1.93. The summed E-state index contributed by atoms with van der Waals surface area (Å²) >= 11 is 0. The third-order valence-corrected chi connectivity index (χ3v) is 2.38. The van der Waals surface area contributed by atoms with Gasteiger partial charge in [0.15, 0.2) is 0 Å². The molecule has 1 heterocycles. The number of pyridine rings is 1. The maximum atomic E-state index is 13.1. The number of halogens is 2. The summed E-state index contributed by atoms with van der Waals surface area (Å²) in [5, 5.41) is 8.83. The van der Waals surface area contributed by atoms with Crippen molar-refractivity contribution in [1.82, 2.24) is 4.98 Å². The minimum Gasteiger partial charge on any atom is -0.396 e. The Morgan fingerprint density at radius 2 is 1.76 bits per heavy atom. The molecule has 17 heavy (non-hydrogen) atoms. The molecule has 0 bridgehead atoms. The Balaban J connectivity index is 2.41. The van der Waals surface area contributed by atoms with Crippen LogP contribution in [0.3, 0.4) is 0 Å². The van der Waals surface area contributed by atoms with Crippen LogP contribution in [0.25, 0.3) is 11.3 Å². The normalized spacial score (nSPS) is 10.5. The number of aliphatic hydroxyl groups excluding tert-OH is 1. The molecule has 4 heteroatoms. The lowest BCUT2D eigenvalue weighted by molar-refractivity contribution is 0.299. The second-order valence-corrected chi connectivity index (χ2v) is 3.68. The van der Waals surface area contributed by atoms with E-state index in [9.17, 15) is 8.78 Å². The van der Waals surface area contributed by atoms with Crippen molar-refractivity contribution >= 4 is 0 Å². The van der Waals surface area contributed by atoms with Crippen LogP contribution in [0, 0.1) is 11.6 Å². The van der Waals surface area contributed by atoms with Crippen LogP contribution in [0.15, 0.2) is 36.5 Å². The van der Waals surface area contributed by atoms with E-state index in [0.29, 0.717) is 17.7 Å². The first kappa shape index (κ1) is 11.7. The summed E-state index contributed by atoms with van der Waals surface area (Å²) in [6, 6.07) is 6.75. The fourth-order valence-corrected chi connectivity index (χ4v) is 1.62. The second kappa shape index (κ2) is 5.01. The summed E-state index contributed by atoms with van der Waals surface area (Å²) in [5.74, 6) is -1.26. The summed E-state index contributed by atoms with van der Waals surface area (Å²) in [7, 11) is 0. The van der Waals surface area contributed by atoms with E-state index in [1.54, 1.807) is 18.3 Å². The smallest absolute Gasteiger partial charge is 0.126 e. The molecule has 0 radical (unpaired) electrons. The largest absolute Gasteiger partial charge is 0.396 e. The number of benzene rings is 1. The van der Waals surface area contributed by atoms with Gasteiger partial charge in [-0.15, -0.1) is 0 Å². The molecule has 0 aliphatic carbocycles. The van der Waals surface area contributed by atoms with Gasteiger partial charge in [-0.3, -0.25) is 4.98 Å². The summed E-state index contributed by atoms with van der Waals surface area (Å²) in [6.07, 6.45) is 2.05. The van der Waals surface area contributed by atoms with Gasteiger partial charge in [-0.25, -0.2) is 8.78 Å². The first-order valence-corrected chi connectivity index (χ1v) is 5.21. The highest BCUT2D eigenvalue weighted by Crippen LogP contribution is 2.20. The highest BCUT2D eigenvalue weighted by Gasteiger charge is 2.05. The van der Waals surface area contributed by atoms with E-state index in [4.69, 9.17) is 5.11 Å². The number of hydrogen-bond donors (Lipinski definition) is 1. The fourth-order valence-electron chi connectivity index (χ4n) is 1.62. The van der Waals surface area contributed by atoms with E-state index in [0.717, 1.165) is 11.6 Å². The van der Waals surface area contributed by atoms with Crippen LogP contribution in [-0.2, 0) is 6.42 Å². The summed E-state index contributed by atoms with van der Waals surface area (Å²) in [6.45, 7) is 0.0287. The van der Waals surface area contributed by atoms with Crippen molar-refractivity contribution in [3.8, 4) is 11.3 Å². The Bertz CT molecular complexity index is 508. The van der Waals surface area contributed by atoms with Crippen molar-refractivity contribution in [3.63, 3.8) is 0 Å². The molecule has 2 aromatic rings. The van der Waals surface area contributed by atoms with Gasteiger partial charge in [0.05, 0.1) is 5.69 Å². The van der Waals surface area contributed by atoms with Gasteiger partial charge in [-0.1, -0.05) is 0 Å². The molecule has 0 unspecified atom stereocenters. The number of rotatable bonds is 3. The Morgan fingerprint density at radius 1 is 1.06 bits per heavy atom. The van der Waals surface area contributed by atoms with E-state index < -0.39 is 11.6 Å². The molecule has 0 aliphatic rings. The van der Waals surface area contributed by atoms with E-state index >= 15 is 0 Å². The van der Waals surface area contributed by atoms with Gasteiger partial charge < -0.3 is 5.11 Å². The first-order valence-electron chi connectivity index (χ1n) is 5.21. The molecule has 88 valence electrons. The molecule has 0 fully saturated rings. The van der Waals surface area contributed by atoms with Gasteiger partial charge in [0.25, 0.3) is 0 Å². The molecule has 0 spiro atoms. The molecule has 1 N–H and O–H groups in total. The van der Waals surface area contributed by atoms with E-state index in [-0.39, 0.29) is 6.61 Å². The zero-order chi connectivity index (χ0) is 12.3. The number of nitrogens with zero attached hydrogens (tertiary/aromatic N) is 1. The molecule has 0 saturated carbocycles. The molecular formula is C13H11F2NO. The number of aliphatic hydroxyl groups is 1. The summed E-state index contributed by atoms with van der Waals surface area (Å²) < 4.78 is 26.1. The average molecular weight is 235 g/mol. The lowest BCUT2D eigenvalue weighted by atomic mass is 10.1. The lowest BCUT2D eigenvalue weighted by Gasteiger charge is -2.04. The van der Waals surface area contributed by atoms with Gasteiger partial charge in [-0.05, 0) is 36.2 Å². The van der Waals surface area contributed by atoms with Crippen LogP contribution in [0.2, 0.25) is 0 Å². The predicted octanol–water partition coefficient (Wildman–Crippen LogP) is 2.56. The van der Waals surface area contributed by atoms with Crippen molar-refractivity contribution in [3.05, 3.63) is 53.7 Å². The average Bonchev–Trinajstić information content (AvgIpc) is 2.28. The molecule has 1 aromatic carbocycles. The minimum atomic E-state index is -0.630. The van der Waals surface area contributed by atoms with Crippen LogP contribution in [-0.4, -0.2) is 16.7 Å². The van der Waals surface area contributed by atoms with Crippen molar-refractivity contribution < 1.29 is 13.9 Å². The first-order chi connectivity index (χ1) is 8.19. The van der Waals surface area contributed by atoms with Crippen LogP contribution >= 0.6 is 0 Å². The minimum absolute atomic E-state index is 0.0287. The van der Waals surface area contributed by atoms with Gasteiger partial charge in [-0.2, -0.15) is 0 Å². The van der Waals surface area contributed by atoms with E-state index in [1.165, 1.54) is 12.1 Å². The van der Waals surface area contributed by atoms with Crippen molar-refractivity contribution in [2.45, 2.75) is 6.42 Å². The Hall–Kier alpha value is -1.81. The summed E-state index contributed by atoms with van der Waals surface area (Å²) in [5.41, 5.74) is 1.76. The molecule has 0 aliphatic heterocycles. The van der Waals surface area contributed by atoms with Gasteiger partial charge in [0.1, 0.15) is 11.6 Å². The molecule has 2 rings (SSSR count). The van der Waals surface area contributed by atoms with E-state index in [1.807, 2.05) is 0 Å². The summed E-state index contributed by atoms with van der Waals surface area (Å²) in [4.78, 5) is 4.06. The molecule has 1 aromatic heterocycles. The highest BCUT2D eigenvalue weighted by atomic mass is 19.1. The maximum Gasteiger partial charge on any atom is 0.126 e. The zero-order valence-electron chi connectivity index (χ0n) is 9.03. The molecule has 2 nitrogen and oxygen atoms in total. The molecular weight excluding hydrogens is 224 g/mol. The van der Waals surface area contributed by atoms with Crippen LogP contribution in [0.5, 0.6) is 0 Å². The fraction of sp³-hybridized carbons (Fsp3) is 0.154. The van der Waals surface area contributed by atoms with Crippen molar-refractivity contribution in [2.75, 3.05) is 6.61 Å². The van der Waals surface area contributed by atoms with Crippen molar-refractivity contribution in [1.29, 1.82) is 0 Å². The van der Waals surface area contributed by atoms with Gasteiger partial charge in [0, 0.05) is 24.4 Å². The van der Waals surface area contributed by atoms with Crippen LogP contribution in [0.4, 0.5) is 8.78 Å². The molecule has 0 atom stereocenters. The standard InChI is InChI=1S/C13H11F2NO/c14-11-6-10(7-12(15)8-11)13-5-9(2-4-17)1-3-16-13/h1,3,5-8,17H,2,4H2. The number of hydrogen-bond acceptors (Lipinski definition) is 2. The van der Waals surface area contributed by atoms with E-state index in [2.05, 4.69) is 4.98 Å². The van der Waals surface area contributed by atoms with Gasteiger partial charge in [0.2, 0.25) is 0 Å². The third-order valence-electron chi connectivity index (χ3n) is 2.38. The zero-order valence-corrected chi connectivity index (χ0v) is 9.03. The Morgan fingerprint density at radius 3 is 2.41 bits per heavy atom. The highest BCUT2D eigenvalue weighted by molar-refractivity contribution is 5.59. The molecule has 0 saturated heterocycles. The van der Waals surface area contributed by atoms with Gasteiger partial charge >= 0.3 is 0 Å². The third kappa shape index (κ3) is 2.85. The second-order valence-electron chi connectivity index (χ2n) is 3.68. The Labute approximate surface area is 97.6 Å². The predicted molar refractivity (Wildman–Crippen MR) is 60.4 cm³/mol. The van der Waals surface area contributed by atoms with Crippen LogP contribution < -0.4 is 0 Å². The topological polar surface area (TPSA) is 33.1 Å². The maximum absolute atomic E-state index is 13.1. The quantitative estimate of drug-likeness (QED) is 0.886. The van der Waals surface area contributed by atoms with Crippen LogP contribution in [0.1, 0.15) is 5.56 Å². The monoisotopic (exact) mass is 235 g/mol. The number of aromatic nitrogens is 1. The Kier molecular flexibility index (Phi) is 3.44. The SMILES string of the molecule is OCCc1ccnc(-c2cc(F)cc(F)c2)c1. The molecule has 0 amide bonds.